The number of halogens is 1. The van der Waals surface area contributed by atoms with Crippen LogP contribution in [0.4, 0.5) is 4.39 Å². The zero-order valence-corrected chi connectivity index (χ0v) is 18.7. The van der Waals surface area contributed by atoms with Gasteiger partial charge in [0.05, 0.1) is 11.3 Å². The Labute approximate surface area is 185 Å². The molecule has 9 heteroatoms. The van der Waals surface area contributed by atoms with E-state index in [0.29, 0.717) is 29.3 Å². The van der Waals surface area contributed by atoms with Gasteiger partial charge in [0.1, 0.15) is 11.5 Å². The molecule has 3 aromatic rings. The Kier molecular flexibility index (Phi) is 6.70. The topological polar surface area (TPSA) is 77.6 Å². The molecule has 0 atom stereocenters. The first-order chi connectivity index (χ1) is 15.0. The fourth-order valence-electron chi connectivity index (χ4n) is 4.00. The maximum Gasteiger partial charge on any atom is 0.230 e. The lowest BCUT2D eigenvalue weighted by Gasteiger charge is -2.22. The molecule has 4 rings (SSSR count). The Balaban J connectivity index is 1.52. The summed E-state index contributed by atoms with van der Waals surface area (Å²) in [6, 6.07) is 6.56. The van der Waals surface area contributed by atoms with E-state index < -0.39 is 0 Å². The Bertz CT molecular complexity index is 1040. The third kappa shape index (κ3) is 4.98. The molecule has 164 valence electrons. The number of thioether (sulfide) groups is 1. The number of benzene rings is 1. The largest absolute Gasteiger partial charge is 0.353 e. The summed E-state index contributed by atoms with van der Waals surface area (Å²) >= 11 is 1.39. The molecule has 1 saturated carbocycles. The lowest BCUT2D eigenvalue weighted by atomic mass is 9.95. The number of aromatic nitrogens is 5. The second-order valence-corrected chi connectivity index (χ2v) is 8.76. The van der Waals surface area contributed by atoms with Crippen molar-refractivity contribution >= 4 is 17.7 Å². The molecule has 1 aromatic carbocycles. The molecular formula is C22H27FN6OS. The molecule has 7 nitrogen and oxygen atoms in total. The van der Waals surface area contributed by atoms with Crippen LogP contribution in [0.1, 0.15) is 39.0 Å². The monoisotopic (exact) mass is 442 g/mol. The van der Waals surface area contributed by atoms with Crippen molar-refractivity contribution in [1.29, 1.82) is 0 Å². The van der Waals surface area contributed by atoms with Gasteiger partial charge in [0.15, 0.2) is 11.0 Å². The summed E-state index contributed by atoms with van der Waals surface area (Å²) in [6.07, 6.45) is 7.66. The van der Waals surface area contributed by atoms with Crippen LogP contribution in [-0.4, -0.2) is 42.2 Å². The van der Waals surface area contributed by atoms with Crippen molar-refractivity contribution in [2.75, 3.05) is 5.75 Å². The van der Waals surface area contributed by atoms with E-state index in [1.165, 1.54) is 43.2 Å². The molecule has 1 aliphatic carbocycles. The average molecular weight is 443 g/mol. The van der Waals surface area contributed by atoms with Gasteiger partial charge in [-0.1, -0.05) is 31.0 Å². The summed E-state index contributed by atoms with van der Waals surface area (Å²) in [5.41, 5.74) is 2.35. The van der Waals surface area contributed by atoms with Gasteiger partial charge < -0.3 is 9.88 Å². The zero-order chi connectivity index (χ0) is 21.8. The second-order valence-electron chi connectivity index (χ2n) is 7.81. The maximum absolute atomic E-state index is 13.4. The fraction of sp³-hybridized carbons (Fsp3) is 0.455. The van der Waals surface area contributed by atoms with Crippen molar-refractivity contribution in [2.45, 2.75) is 56.8 Å². The third-order valence-electron chi connectivity index (χ3n) is 5.52. The summed E-state index contributed by atoms with van der Waals surface area (Å²) in [5.74, 6) is 0.748. The quantitative estimate of drug-likeness (QED) is 0.559. The lowest BCUT2D eigenvalue weighted by Crippen LogP contribution is -2.37. The van der Waals surface area contributed by atoms with E-state index in [1.807, 2.05) is 24.7 Å². The van der Waals surface area contributed by atoms with Gasteiger partial charge in [-0.05, 0) is 44.0 Å². The fourth-order valence-corrected chi connectivity index (χ4v) is 4.81. The van der Waals surface area contributed by atoms with E-state index in [0.717, 1.165) is 29.7 Å². The van der Waals surface area contributed by atoms with Gasteiger partial charge in [0, 0.05) is 31.4 Å². The number of carbonyl (C=O) groups is 1. The summed E-state index contributed by atoms with van der Waals surface area (Å²) in [5, 5.41) is 17.1. The van der Waals surface area contributed by atoms with Crippen LogP contribution >= 0.6 is 11.8 Å². The van der Waals surface area contributed by atoms with Crippen LogP contribution in [0.3, 0.4) is 0 Å². The van der Waals surface area contributed by atoms with Crippen LogP contribution in [0.25, 0.3) is 22.6 Å². The molecule has 31 heavy (non-hydrogen) atoms. The van der Waals surface area contributed by atoms with E-state index in [2.05, 4.69) is 20.6 Å². The molecule has 1 aliphatic rings. The number of rotatable bonds is 7. The number of carbonyl (C=O) groups excluding carboxylic acids is 1. The van der Waals surface area contributed by atoms with Gasteiger partial charge in [0.25, 0.3) is 0 Å². The van der Waals surface area contributed by atoms with Crippen molar-refractivity contribution in [3.63, 3.8) is 0 Å². The minimum Gasteiger partial charge on any atom is -0.353 e. The van der Waals surface area contributed by atoms with Crippen LogP contribution in [0, 0.1) is 5.82 Å². The summed E-state index contributed by atoms with van der Waals surface area (Å²) in [7, 11) is 1.84. The number of amides is 1. The van der Waals surface area contributed by atoms with Crippen molar-refractivity contribution in [3.8, 4) is 22.6 Å². The molecule has 0 saturated heterocycles. The van der Waals surface area contributed by atoms with Crippen LogP contribution in [0.15, 0.2) is 35.6 Å². The summed E-state index contributed by atoms with van der Waals surface area (Å²) in [4.78, 5) is 12.4. The first-order valence-electron chi connectivity index (χ1n) is 10.7. The molecule has 0 unspecified atom stereocenters. The predicted molar refractivity (Wildman–Crippen MR) is 119 cm³/mol. The number of nitrogens with one attached hydrogen (secondary N) is 1. The Hall–Kier alpha value is -2.68. The molecule has 1 N–H and O–H groups in total. The van der Waals surface area contributed by atoms with Crippen molar-refractivity contribution < 1.29 is 9.18 Å². The molecule has 0 bridgehead atoms. The van der Waals surface area contributed by atoms with Crippen LogP contribution in [-0.2, 0) is 18.4 Å². The third-order valence-corrected chi connectivity index (χ3v) is 6.49. The molecule has 0 radical (unpaired) electrons. The van der Waals surface area contributed by atoms with Gasteiger partial charge in [-0.25, -0.2) is 4.39 Å². The normalized spacial score (nSPS) is 14.7. The van der Waals surface area contributed by atoms with Crippen molar-refractivity contribution in [1.82, 2.24) is 29.9 Å². The average Bonchev–Trinajstić information content (AvgIpc) is 3.36. The van der Waals surface area contributed by atoms with Gasteiger partial charge >= 0.3 is 0 Å². The Morgan fingerprint density at radius 3 is 2.65 bits per heavy atom. The van der Waals surface area contributed by atoms with E-state index >= 15 is 0 Å². The number of hydrogen-bond acceptors (Lipinski definition) is 5. The highest BCUT2D eigenvalue weighted by Gasteiger charge is 2.21. The SMILES string of the molecule is CCn1c(SCC(=O)NC2CCCCC2)nnc1-c1cn(C)nc1-c1ccc(F)cc1. The van der Waals surface area contributed by atoms with Crippen molar-refractivity contribution in [2.24, 2.45) is 7.05 Å². The van der Waals surface area contributed by atoms with E-state index in [-0.39, 0.29) is 11.7 Å². The molecule has 2 heterocycles. The van der Waals surface area contributed by atoms with Crippen molar-refractivity contribution in [3.05, 3.63) is 36.3 Å². The van der Waals surface area contributed by atoms with E-state index in [4.69, 9.17) is 0 Å². The van der Waals surface area contributed by atoms with Gasteiger partial charge in [-0.2, -0.15) is 5.10 Å². The maximum atomic E-state index is 13.4. The molecule has 1 fully saturated rings. The van der Waals surface area contributed by atoms with Gasteiger partial charge in [0.2, 0.25) is 5.91 Å². The summed E-state index contributed by atoms with van der Waals surface area (Å²) in [6.45, 7) is 2.68. The predicted octanol–water partition coefficient (Wildman–Crippen LogP) is 4.05. The standard InChI is InChI=1S/C22H27FN6OS/c1-3-29-21(18-13-28(2)27-20(18)15-9-11-16(23)12-10-15)25-26-22(29)31-14-19(30)24-17-7-5-4-6-8-17/h9-13,17H,3-8,14H2,1-2H3,(H,24,30). The zero-order valence-electron chi connectivity index (χ0n) is 17.8. The van der Waals surface area contributed by atoms with Crippen LogP contribution in [0.2, 0.25) is 0 Å². The highest BCUT2D eigenvalue weighted by atomic mass is 32.2. The second kappa shape index (κ2) is 9.64. The van der Waals surface area contributed by atoms with E-state index in [9.17, 15) is 9.18 Å². The number of nitrogens with zero attached hydrogens (tertiary/aromatic N) is 5. The molecular weight excluding hydrogens is 415 g/mol. The first-order valence-corrected chi connectivity index (χ1v) is 11.7. The minimum absolute atomic E-state index is 0.0393. The molecule has 0 spiro atoms. The minimum atomic E-state index is -0.289. The number of aryl methyl sites for hydroxylation is 1. The first kappa shape index (κ1) is 21.5. The molecule has 0 aliphatic heterocycles. The van der Waals surface area contributed by atoms with Gasteiger partial charge in [-0.15, -0.1) is 10.2 Å². The van der Waals surface area contributed by atoms with E-state index in [1.54, 1.807) is 16.8 Å². The van der Waals surface area contributed by atoms with Crippen LogP contribution in [0.5, 0.6) is 0 Å². The molecule has 2 aromatic heterocycles. The smallest absolute Gasteiger partial charge is 0.230 e. The Morgan fingerprint density at radius 2 is 1.94 bits per heavy atom. The lowest BCUT2D eigenvalue weighted by molar-refractivity contribution is -0.119. The molecule has 1 amide bonds. The highest BCUT2D eigenvalue weighted by molar-refractivity contribution is 7.99. The van der Waals surface area contributed by atoms with Gasteiger partial charge in [-0.3, -0.25) is 9.48 Å². The highest BCUT2D eigenvalue weighted by Crippen LogP contribution is 2.32. The van der Waals surface area contributed by atoms with Crippen LogP contribution < -0.4 is 5.32 Å². The summed E-state index contributed by atoms with van der Waals surface area (Å²) < 4.78 is 17.1. The number of hydrogen-bond donors (Lipinski definition) is 1. The Morgan fingerprint density at radius 1 is 1.19 bits per heavy atom.